The topological polar surface area (TPSA) is 61.8 Å². The van der Waals surface area contributed by atoms with Crippen LogP contribution in [0.1, 0.15) is 27.0 Å². The number of aryl methyl sites for hydroxylation is 1. The van der Waals surface area contributed by atoms with Crippen LogP contribution in [0.25, 0.3) is 6.08 Å². The molecular formula is C25H22O5. The van der Waals surface area contributed by atoms with Crippen molar-refractivity contribution in [2.75, 3.05) is 7.11 Å². The van der Waals surface area contributed by atoms with E-state index in [0.29, 0.717) is 17.1 Å². The van der Waals surface area contributed by atoms with Crippen LogP contribution in [0.15, 0.2) is 78.9 Å². The monoisotopic (exact) mass is 402 g/mol. The van der Waals surface area contributed by atoms with Crippen LogP contribution in [0.5, 0.6) is 11.5 Å². The summed E-state index contributed by atoms with van der Waals surface area (Å²) in [7, 11) is 1.34. The van der Waals surface area contributed by atoms with Gasteiger partial charge in [-0.2, -0.15) is 0 Å². The van der Waals surface area contributed by atoms with E-state index in [0.717, 1.165) is 16.7 Å². The third-order valence-electron chi connectivity index (χ3n) is 4.36. The zero-order valence-corrected chi connectivity index (χ0v) is 16.8. The molecule has 0 aliphatic heterocycles. The molecule has 3 rings (SSSR count). The number of esters is 2. The molecule has 0 amide bonds. The molecule has 0 bridgehead atoms. The molecule has 152 valence electrons. The Bertz CT molecular complexity index is 1050. The Labute approximate surface area is 175 Å². The quantitative estimate of drug-likeness (QED) is 0.395. The fourth-order valence-electron chi connectivity index (χ4n) is 2.75. The molecular weight excluding hydrogens is 380 g/mol. The average molecular weight is 402 g/mol. The van der Waals surface area contributed by atoms with Crippen molar-refractivity contribution in [1.29, 1.82) is 0 Å². The lowest BCUT2D eigenvalue weighted by Gasteiger charge is -2.10. The van der Waals surface area contributed by atoms with Crippen molar-refractivity contribution in [2.45, 2.75) is 13.5 Å². The van der Waals surface area contributed by atoms with Gasteiger partial charge in [0.1, 0.15) is 18.1 Å². The van der Waals surface area contributed by atoms with Gasteiger partial charge in [0.25, 0.3) is 0 Å². The van der Waals surface area contributed by atoms with Crippen LogP contribution in [0, 0.1) is 6.92 Å². The maximum absolute atomic E-state index is 12.4. The number of carbonyl (C=O) groups excluding carboxylic acids is 2. The van der Waals surface area contributed by atoms with E-state index in [-0.39, 0.29) is 6.61 Å². The minimum Gasteiger partial charge on any atom is -0.466 e. The normalized spacial score (nSPS) is 10.6. The van der Waals surface area contributed by atoms with Crippen LogP contribution in [0.3, 0.4) is 0 Å². The summed E-state index contributed by atoms with van der Waals surface area (Å²) in [5, 5.41) is 0. The van der Waals surface area contributed by atoms with Gasteiger partial charge in [-0.3, -0.25) is 0 Å². The second kappa shape index (κ2) is 10.1. The molecule has 3 aromatic carbocycles. The highest BCUT2D eigenvalue weighted by atomic mass is 16.5. The molecule has 5 heteroatoms. The molecule has 0 saturated heterocycles. The van der Waals surface area contributed by atoms with Crippen LogP contribution in [-0.2, 0) is 20.9 Å². The summed E-state index contributed by atoms with van der Waals surface area (Å²) in [6.45, 7) is 2.13. The van der Waals surface area contributed by atoms with Gasteiger partial charge in [-0.05, 0) is 60.0 Å². The highest BCUT2D eigenvalue weighted by molar-refractivity contribution is 5.90. The number of hydrogen-bond donors (Lipinski definition) is 0. The van der Waals surface area contributed by atoms with E-state index in [9.17, 15) is 9.59 Å². The fraction of sp³-hybridized carbons (Fsp3) is 0.120. The first-order valence-electron chi connectivity index (χ1n) is 9.41. The van der Waals surface area contributed by atoms with Crippen LogP contribution in [-0.4, -0.2) is 19.0 Å². The third kappa shape index (κ3) is 5.82. The summed E-state index contributed by atoms with van der Waals surface area (Å²) in [4.78, 5) is 23.6. The Balaban J connectivity index is 1.66. The molecule has 5 nitrogen and oxygen atoms in total. The van der Waals surface area contributed by atoms with Gasteiger partial charge in [0.15, 0.2) is 0 Å². The van der Waals surface area contributed by atoms with Gasteiger partial charge in [0.2, 0.25) is 0 Å². The van der Waals surface area contributed by atoms with Gasteiger partial charge < -0.3 is 14.2 Å². The molecule has 0 fully saturated rings. The Kier molecular flexibility index (Phi) is 7.00. The molecule has 0 heterocycles. The zero-order chi connectivity index (χ0) is 21.3. The van der Waals surface area contributed by atoms with Crippen molar-refractivity contribution in [3.8, 4) is 11.5 Å². The average Bonchev–Trinajstić information content (AvgIpc) is 2.77. The van der Waals surface area contributed by atoms with E-state index >= 15 is 0 Å². The number of ether oxygens (including phenoxy) is 3. The largest absolute Gasteiger partial charge is 0.466 e. The summed E-state index contributed by atoms with van der Waals surface area (Å²) in [5.41, 5.74) is 3.16. The summed E-state index contributed by atoms with van der Waals surface area (Å²) >= 11 is 0. The van der Waals surface area contributed by atoms with Crippen LogP contribution in [0.2, 0.25) is 0 Å². The minimum absolute atomic E-state index is 0.213. The second-order valence-electron chi connectivity index (χ2n) is 6.57. The number of benzene rings is 3. The standard InChI is InChI=1S/C25H22O5/c1-18-15-23(13-11-20(18)12-14-24(26)28-2)30-22-10-6-9-21(16-22)25(27)29-17-19-7-4-3-5-8-19/h3-16H,17H2,1-2H3. The van der Waals surface area contributed by atoms with E-state index < -0.39 is 11.9 Å². The SMILES string of the molecule is COC(=O)C=Cc1ccc(Oc2cccc(C(=O)OCc3ccccc3)c2)cc1C. The third-order valence-corrected chi connectivity index (χ3v) is 4.36. The Hall–Kier alpha value is -3.86. The molecule has 30 heavy (non-hydrogen) atoms. The summed E-state index contributed by atoms with van der Waals surface area (Å²) < 4.78 is 15.9. The second-order valence-corrected chi connectivity index (χ2v) is 6.57. The molecule has 0 radical (unpaired) electrons. The van der Waals surface area contributed by atoms with Gasteiger partial charge in [0.05, 0.1) is 12.7 Å². The molecule has 3 aromatic rings. The lowest BCUT2D eigenvalue weighted by molar-refractivity contribution is -0.134. The van der Waals surface area contributed by atoms with E-state index in [1.54, 1.807) is 36.4 Å². The van der Waals surface area contributed by atoms with Gasteiger partial charge in [-0.25, -0.2) is 9.59 Å². The van der Waals surface area contributed by atoms with Crippen molar-refractivity contribution in [3.63, 3.8) is 0 Å². The first-order valence-corrected chi connectivity index (χ1v) is 9.41. The van der Waals surface area contributed by atoms with Crippen molar-refractivity contribution in [3.05, 3.63) is 101 Å². The molecule has 0 aromatic heterocycles. The van der Waals surface area contributed by atoms with E-state index in [1.807, 2.05) is 49.4 Å². The number of carbonyl (C=O) groups is 2. The number of hydrogen-bond acceptors (Lipinski definition) is 5. The van der Waals surface area contributed by atoms with Crippen LogP contribution in [0.4, 0.5) is 0 Å². The highest BCUT2D eigenvalue weighted by Gasteiger charge is 2.09. The van der Waals surface area contributed by atoms with Crippen molar-refractivity contribution in [1.82, 2.24) is 0 Å². The molecule has 0 saturated carbocycles. The molecule has 0 N–H and O–H groups in total. The summed E-state index contributed by atoms with van der Waals surface area (Å²) in [6.07, 6.45) is 3.06. The van der Waals surface area contributed by atoms with E-state index in [1.165, 1.54) is 13.2 Å². The first-order chi connectivity index (χ1) is 14.5. The predicted octanol–water partition coefficient (Wildman–Crippen LogP) is 5.33. The Morgan fingerprint density at radius 3 is 2.40 bits per heavy atom. The smallest absolute Gasteiger partial charge is 0.338 e. The summed E-state index contributed by atoms with van der Waals surface area (Å²) in [5.74, 6) is 0.327. The Morgan fingerprint density at radius 1 is 0.900 bits per heavy atom. The van der Waals surface area contributed by atoms with Gasteiger partial charge in [0, 0.05) is 6.08 Å². The van der Waals surface area contributed by atoms with E-state index in [2.05, 4.69) is 4.74 Å². The zero-order valence-electron chi connectivity index (χ0n) is 16.8. The number of methoxy groups -OCH3 is 1. The maximum Gasteiger partial charge on any atom is 0.338 e. The lowest BCUT2D eigenvalue weighted by atomic mass is 10.1. The molecule has 0 atom stereocenters. The van der Waals surface area contributed by atoms with Gasteiger partial charge >= 0.3 is 11.9 Å². The van der Waals surface area contributed by atoms with Gasteiger partial charge in [-0.1, -0.05) is 42.5 Å². The minimum atomic E-state index is -0.413. The fourth-order valence-corrected chi connectivity index (χ4v) is 2.75. The molecule has 0 aliphatic rings. The maximum atomic E-state index is 12.4. The molecule has 0 unspecified atom stereocenters. The highest BCUT2D eigenvalue weighted by Crippen LogP contribution is 2.25. The lowest BCUT2D eigenvalue weighted by Crippen LogP contribution is -2.05. The molecule has 0 aliphatic carbocycles. The number of rotatable bonds is 7. The predicted molar refractivity (Wildman–Crippen MR) is 114 cm³/mol. The Morgan fingerprint density at radius 2 is 1.67 bits per heavy atom. The van der Waals surface area contributed by atoms with Crippen LogP contribution < -0.4 is 4.74 Å². The van der Waals surface area contributed by atoms with Crippen molar-refractivity contribution >= 4 is 18.0 Å². The molecule has 0 spiro atoms. The van der Waals surface area contributed by atoms with E-state index in [4.69, 9.17) is 9.47 Å². The van der Waals surface area contributed by atoms with Crippen molar-refractivity contribution < 1.29 is 23.8 Å². The van der Waals surface area contributed by atoms with Crippen molar-refractivity contribution in [2.24, 2.45) is 0 Å². The summed E-state index contributed by atoms with van der Waals surface area (Å²) in [6, 6.07) is 21.9. The first kappa shape index (κ1) is 20.9. The van der Waals surface area contributed by atoms with Gasteiger partial charge in [-0.15, -0.1) is 0 Å². The van der Waals surface area contributed by atoms with Crippen LogP contribution >= 0.6 is 0 Å².